The van der Waals surface area contributed by atoms with Gasteiger partial charge in [0.25, 0.3) is 0 Å². The Balaban J connectivity index is 1.78. The van der Waals surface area contributed by atoms with Crippen LogP contribution in [0.1, 0.15) is 11.4 Å². The van der Waals surface area contributed by atoms with Gasteiger partial charge in [-0.2, -0.15) is 0 Å². The Hall–Kier alpha value is -2.28. The number of hydrogen-bond donors (Lipinski definition) is 0. The van der Waals surface area contributed by atoms with E-state index in [2.05, 4.69) is 19.7 Å². The lowest BCUT2D eigenvalue weighted by atomic mass is 10.1. The van der Waals surface area contributed by atoms with Crippen molar-refractivity contribution in [3.8, 4) is 17.2 Å². The van der Waals surface area contributed by atoms with Crippen molar-refractivity contribution in [1.82, 2.24) is 19.7 Å². The zero-order valence-corrected chi connectivity index (χ0v) is 13.8. The van der Waals surface area contributed by atoms with Crippen molar-refractivity contribution >= 4 is 0 Å². The molecule has 0 amide bonds. The molecule has 1 aromatic heterocycles. The molecule has 2 aromatic rings. The molecule has 0 bridgehead atoms. The van der Waals surface area contributed by atoms with E-state index in [9.17, 15) is 0 Å². The molecular formula is C16H22N4O3. The van der Waals surface area contributed by atoms with Gasteiger partial charge in [0.15, 0.2) is 11.5 Å². The van der Waals surface area contributed by atoms with Crippen LogP contribution in [0.5, 0.6) is 17.2 Å². The second-order valence-electron chi connectivity index (χ2n) is 5.49. The van der Waals surface area contributed by atoms with Gasteiger partial charge in [-0.1, -0.05) is 0 Å². The molecule has 1 aromatic carbocycles. The topological polar surface area (TPSA) is 61.6 Å². The molecule has 7 heteroatoms. The Morgan fingerprint density at radius 3 is 2.43 bits per heavy atom. The summed E-state index contributed by atoms with van der Waals surface area (Å²) in [4.78, 5) is 2.39. The maximum Gasteiger partial charge on any atom is 0.164 e. The van der Waals surface area contributed by atoms with Gasteiger partial charge in [0.2, 0.25) is 0 Å². The van der Waals surface area contributed by atoms with E-state index in [1.165, 1.54) is 0 Å². The summed E-state index contributed by atoms with van der Waals surface area (Å²) in [6.45, 7) is 3.58. The molecule has 2 heterocycles. The number of hydrogen-bond acceptors (Lipinski definition) is 6. The minimum Gasteiger partial charge on any atom is -0.496 e. The smallest absolute Gasteiger partial charge is 0.164 e. The number of aromatic nitrogens is 3. The Morgan fingerprint density at radius 2 is 1.70 bits per heavy atom. The van der Waals surface area contributed by atoms with Crippen LogP contribution in [0.15, 0.2) is 18.5 Å². The fraction of sp³-hybridized carbons (Fsp3) is 0.500. The van der Waals surface area contributed by atoms with Crippen LogP contribution in [0.25, 0.3) is 0 Å². The van der Waals surface area contributed by atoms with Crippen molar-refractivity contribution in [3.05, 3.63) is 29.8 Å². The van der Waals surface area contributed by atoms with Crippen molar-refractivity contribution in [2.45, 2.75) is 19.5 Å². The van der Waals surface area contributed by atoms with Crippen molar-refractivity contribution in [1.29, 1.82) is 0 Å². The molecule has 0 N–H and O–H groups in total. The first-order valence-corrected chi connectivity index (χ1v) is 7.63. The number of rotatable bonds is 5. The van der Waals surface area contributed by atoms with Crippen LogP contribution in [-0.4, -0.2) is 54.1 Å². The van der Waals surface area contributed by atoms with Gasteiger partial charge >= 0.3 is 0 Å². The average molecular weight is 318 g/mol. The first kappa shape index (κ1) is 15.6. The lowest BCUT2D eigenvalue weighted by Gasteiger charge is -2.22. The van der Waals surface area contributed by atoms with Crippen LogP contribution in [-0.2, 0) is 19.5 Å². The van der Waals surface area contributed by atoms with E-state index in [1.807, 2.05) is 12.1 Å². The molecule has 124 valence electrons. The minimum absolute atomic E-state index is 0.676. The second-order valence-corrected chi connectivity index (χ2v) is 5.49. The molecule has 23 heavy (non-hydrogen) atoms. The zero-order valence-electron chi connectivity index (χ0n) is 13.8. The first-order chi connectivity index (χ1) is 11.2. The largest absolute Gasteiger partial charge is 0.496 e. The fourth-order valence-corrected chi connectivity index (χ4v) is 2.89. The number of nitrogens with zero attached hydrogens (tertiary/aromatic N) is 4. The van der Waals surface area contributed by atoms with Gasteiger partial charge in [0.1, 0.15) is 17.9 Å². The molecule has 0 fully saturated rings. The lowest BCUT2D eigenvalue weighted by Crippen LogP contribution is -2.26. The normalized spacial score (nSPS) is 14.9. The van der Waals surface area contributed by atoms with E-state index in [0.29, 0.717) is 5.75 Å². The molecule has 7 nitrogen and oxygen atoms in total. The average Bonchev–Trinajstić information content (AvgIpc) is 2.96. The highest BCUT2D eigenvalue weighted by atomic mass is 16.5. The van der Waals surface area contributed by atoms with Crippen LogP contribution < -0.4 is 14.2 Å². The SMILES string of the molecule is COc1cc(OC)c(OC)cc1CN1CCc2nncn2CC1. The molecule has 0 unspecified atom stereocenters. The molecule has 0 atom stereocenters. The standard InChI is InChI=1S/C16H22N4O3/c1-21-13-9-15(23-3)14(22-2)8-12(13)10-19-5-4-16-18-17-11-20(16)7-6-19/h8-9,11H,4-7,10H2,1-3H3. The number of methoxy groups -OCH3 is 3. The van der Waals surface area contributed by atoms with Crippen LogP contribution >= 0.6 is 0 Å². The summed E-state index contributed by atoms with van der Waals surface area (Å²) in [5, 5.41) is 8.13. The lowest BCUT2D eigenvalue weighted by molar-refractivity contribution is 0.264. The van der Waals surface area contributed by atoms with E-state index >= 15 is 0 Å². The summed E-state index contributed by atoms with van der Waals surface area (Å²) < 4.78 is 18.4. The summed E-state index contributed by atoms with van der Waals surface area (Å²) in [6.07, 6.45) is 2.70. The molecule has 0 aliphatic carbocycles. The Kier molecular flexibility index (Phi) is 4.66. The molecule has 0 radical (unpaired) electrons. The van der Waals surface area contributed by atoms with Crippen molar-refractivity contribution in [2.75, 3.05) is 34.4 Å². The van der Waals surface area contributed by atoms with E-state index in [4.69, 9.17) is 14.2 Å². The van der Waals surface area contributed by atoms with Crippen molar-refractivity contribution < 1.29 is 14.2 Å². The van der Waals surface area contributed by atoms with Crippen LogP contribution in [0.2, 0.25) is 0 Å². The number of fused-ring (bicyclic) bond motifs is 1. The van der Waals surface area contributed by atoms with Gasteiger partial charge in [-0.15, -0.1) is 10.2 Å². The van der Waals surface area contributed by atoms with E-state index in [-0.39, 0.29) is 0 Å². The molecule has 0 saturated heterocycles. The quantitative estimate of drug-likeness (QED) is 0.829. The molecular weight excluding hydrogens is 296 g/mol. The van der Waals surface area contributed by atoms with Gasteiger partial charge in [0.05, 0.1) is 21.3 Å². The first-order valence-electron chi connectivity index (χ1n) is 7.63. The summed E-state index contributed by atoms with van der Waals surface area (Å²) in [5.41, 5.74) is 1.09. The minimum atomic E-state index is 0.676. The highest BCUT2D eigenvalue weighted by Gasteiger charge is 2.18. The maximum absolute atomic E-state index is 5.52. The molecule has 0 saturated carbocycles. The van der Waals surface area contributed by atoms with Gasteiger partial charge in [-0.3, -0.25) is 4.90 Å². The van der Waals surface area contributed by atoms with E-state index < -0.39 is 0 Å². The monoisotopic (exact) mass is 318 g/mol. The molecule has 0 spiro atoms. The molecule has 3 rings (SSSR count). The molecule has 1 aliphatic rings. The predicted octanol–water partition coefficient (Wildman–Crippen LogP) is 1.36. The highest BCUT2D eigenvalue weighted by molar-refractivity contribution is 5.50. The van der Waals surface area contributed by atoms with Crippen LogP contribution in [0.3, 0.4) is 0 Å². The second kappa shape index (κ2) is 6.87. The third kappa shape index (κ3) is 3.24. The Morgan fingerprint density at radius 1 is 0.957 bits per heavy atom. The third-order valence-electron chi connectivity index (χ3n) is 4.19. The summed E-state index contributed by atoms with van der Waals surface area (Å²) >= 11 is 0. The number of benzene rings is 1. The Labute approximate surface area is 135 Å². The summed E-state index contributed by atoms with van der Waals surface area (Å²) in [6, 6.07) is 3.86. The summed E-state index contributed by atoms with van der Waals surface area (Å²) in [7, 11) is 4.95. The number of ether oxygens (including phenoxy) is 3. The Bertz CT molecular complexity index is 649. The van der Waals surface area contributed by atoms with E-state index in [0.717, 1.165) is 55.5 Å². The fourth-order valence-electron chi connectivity index (χ4n) is 2.89. The van der Waals surface area contributed by atoms with Crippen molar-refractivity contribution in [2.24, 2.45) is 0 Å². The maximum atomic E-state index is 5.52. The highest BCUT2D eigenvalue weighted by Crippen LogP contribution is 2.35. The van der Waals surface area contributed by atoms with Gasteiger partial charge < -0.3 is 18.8 Å². The summed E-state index contributed by atoms with van der Waals surface area (Å²) in [5.74, 6) is 3.25. The van der Waals surface area contributed by atoms with E-state index in [1.54, 1.807) is 27.7 Å². The third-order valence-corrected chi connectivity index (χ3v) is 4.19. The van der Waals surface area contributed by atoms with Gasteiger partial charge in [-0.25, -0.2) is 0 Å². The zero-order chi connectivity index (χ0) is 16.2. The van der Waals surface area contributed by atoms with Gasteiger partial charge in [-0.05, 0) is 6.07 Å². The van der Waals surface area contributed by atoms with Crippen molar-refractivity contribution in [3.63, 3.8) is 0 Å². The predicted molar refractivity (Wildman–Crippen MR) is 85.1 cm³/mol. The van der Waals surface area contributed by atoms with Gasteiger partial charge in [0, 0.05) is 44.2 Å². The van der Waals surface area contributed by atoms with Crippen LogP contribution in [0.4, 0.5) is 0 Å². The molecule has 1 aliphatic heterocycles. The van der Waals surface area contributed by atoms with Crippen LogP contribution in [0, 0.1) is 0 Å².